The zero-order valence-electron chi connectivity index (χ0n) is 9.20. The smallest absolute Gasteiger partial charge is 0.123 e. The Labute approximate surface area is 98.2 Å². The van der Waals surface area contributed by atoms with Crippen molar-refractivity contribution in [3.8, 4) is 0 Å². The second-order valence-electron chi connectivity index (χ2n) is 3.58. The van der Waals surface area contributed by atoms with Gasteiger partial charge in [-0.2, -0.15) is 0 Å². The molecule has 0 amide bonds. The molecule has 0 saturated carbocycles. The van der Waals surface area contributed by atoms with E-state index in [-0.39, 0.29) is 11.9 Å². The molecule has 0 saturated heterocycles. The maximum atomic E-state index is 12.8. The van der Waals surface area contributed by atoms with Gasteiger partial charge in [0.15, 0.2) is 0 Å². The molecule has 0 spiro atoms. The molecule has 1 unspecified atom stereocenters. The molecule has 84 valence electrons. The lowest BCUT2D eigenvalue weighted by molar-refractivity contribution is 0.624. The number of thiazole rings is 1. The van der Waals surface area contributed by atoms with Crippen LogP contribution in [0.1, 0.15) is 22.2 Å². The Morgan fingerprint density at radius 1 is 1.31 bits per heavy atom. The summed E-state index contributed by atoms with van der Waals surface area (Å²) in [5.74, 6) is -0.209. The monoisotopic (exact) mass is 236 g/mol. The van der Waals surface area contributed by atoms with Gasteiger partial charge in [0.1, 0.15) is 5.82 Å². The Hall–Kier alpha value is -1.26. The van der Waals surface area contributed by atoms with Gasteiger partial charge >= 0.3 is 0 Å². The van der Waals surface area contributed by atoms with Gasteiger partial charge in [-0.05, 0) is 31.7 Å². The second-order valence-corrected chi connectivity index (χ2v) is 4.46. The van der Waals surface area contributed by atoms with Crippen molar-refractivity contribution in [2.45, 2.75) is 13.0 Å². The quantitative estimate of drug-likeness (QED) is 0.886. The van der Waals surface area contributed by atoms with Crippen LogP contribution in [0.25, 0.3) is 0 Å². The zero-order valence-corrected chi connectivity index (χ0v) is 10.0. The van der Waals surface area contributed by atoms with E-state index in [0.717, 1.165) is 11.3 Å². The fourth-order valence-corrected chi connectivity index (χ4v) is 2.63. The molecule has 0 fully saturated rings. The summed E-state index contributed by atoms with van der Waals surface area (Å²) < 4.78 is 12.8. The first kappa shape index (κ1) is 11.2. The van der Waals surface area contributed by atoms with Crippen molar-refractivity contribution < 1.29 is 4.39 Å². The molecular formula is C12H13FN2S. The fraction of sp³-hybridized carbons (Fsp3) is 0.250. The van der Waals surface area contributed by atoms with Crippen molar-refractivity contribution in [2.75, 3.05) is 7.05 Å². The van der Waals surface area contributed by atoms with E-state index in [1.165, 1.54) is 17.0 Å². The molecule has 1 atom stereocenters. The highest BCUT2D eigenvalue weighted by molar-refractivity contribution is 7.09. The first-order valence-electron chi connectivity index (χ1n) is 5.05. The highest BCUT2D eigenvalue weighted by atomic mass is 32.1. The summed E-state index contributed by atoms with van der Waals surface area (Å²) in [5, 5.41) is 3.23. The van der Waals surface area contributed by atoms with Gasteiger partial charge in [0, 0.05) is 4.88 Å². The molecular weight excluding hydrogens is 223 g/mol. The summed E-state index contributed by atoms with van der Waals surface area (Å²) in [5.41, 5.74) is 3.91. The third kappa shape index (κ3) is 2.13. The molecule has 1 N–H and O–H groups in total. The van der Waals surface area contributed by atoms with E-state index in [1.807, 2.05) is 19.5 Å². The molecule has 16 heavy (non-hydrogen) atoms. The summed E-state index contributed by atoms with van der Waals surface area (Å²) in [6, 6.07) is 6.66. The molecule has 0 aliphatic rings. The van der Waals surface area contributed by atoms with Crippen LogP contribution in [0.15, 0.2) is 29.8 Å². The van der Waals surface area contributed by atoms with Gasteiger partial charge in [0.25, 0.3) is 0 Å². The molecule has 2 rings (SSSR count). The molecule has 0 aliphatic carbocycles. The number of hydrogen-bond acceptors (Lipinski definition) is 3. The zero-order chi connectivity index (χ0) is 11.5. The molecule has 4 heteroatoms. The topological polar surface area (TPSA) is 24.9 Å². The number of aromatic nitrogens is 1. The van der Waals surface area contributed by atoms with Gasteiger partial charge in [0.2, 0.25) is 0 Å². The Kier molecular flexibility index (Phi) is 3.31. The van der Waals surface area contributed by atoms with Crippen LogP contribution in [-0.2, 0) is 0 Å². The minimum Gasteiger partial charge on any atom is -0.309 e. The van der Waals surface area contributed by atoms with E-state index < -0.39 is 0 Å². The van der Waals surface area contributed by atoms with Crippen LogP contribution in [-0.4, -0.2) is 12.0 Å². The summed E-state index contributed by atoms with van der Waals surface area (Å²) in [7, 11) is 1.90. The van der Waals surface area contributed by atoms with Crippen molar-refractivity contribution in [1.29, 1.82) is 0 Å². The number of aryl methyl sites for hydroxylation is 1. The molecule has 0 bridgehead atoms. The number of hydrogen-bond donors (Lipinski definition) is 1. The maximum Gasteiger partial charge on any atom is 0.123 e. The van der Waals surface area contributed by atoms with Gasteiger partial charge in [-0.3, -0.25) is 0 Å². The van der Waals surface area contributed by atoms with Gasteiger partial charge in [-0.1, -0.05) is 12.1 Å². The van der Waals surface area contributed by atoms with E-state index in [2.05, 4.69) is 10.3 Å². The van der Waals surface area contributed by atoms with Crippen LogP contribution in [0.2, 0.25) is 0 Å². The number of halogens is 1. The van der Waals surface area contributed by atoms with Crippen molar-refractivity contribution in [3.05, 3.63) is 51.7 Å². The number of nitrogens with zero attached hydrogens (tertiary/aromatic N) is 1. The molecule has 1 aromatic heterocycles. The lowest BCUT2D eigenvalue weighted by Gasteiger charge is -2.15. The van der Waals surface area contributed by atoms with E-state index in [4.69, 9.17) is 0 Å². The molecule has 1 aromatic carbocycles. The summed E-state index contributed by atoms with van der Waals surface area (Å²) >= 11 is 1.61. The molecule has 0 radical (unpaired) electrons. The SMILES string of the molecule is CNC(c1ccc(F)cc1)c1scnc1C. The van der Waals surface area contributed by atoms with Gasteiger partial charge < -0.3 is 5.32 Å². The van der Waals surface area contributed by atoms with E-state index in [1.54, 1.807) is 23.5 Å². The number of rotatable bonds is 3. The number of nitrogens with one attached hydrogen (secondary N) is 1. The summed E-state index contributed by atoms with van der Waals surface area (Å²) in [6.45, 7) is 1.99. The largest absolute Gasteiger partial charge is 0.309 e. The Bertz CT molecular complexity index is 464. The summed E-state index contributed by atoms with van der Waals surface area (Å²) in [6.07, 6.45) is 0. The molecule has 1 heterocycles. The standard InChI is InChI=1S/C12H13FN2S/c1-8-12(16-7-15-8)11(14-2)9-3-5-10(13)6-4-9/h3-7,11,14H,1-2H3. The Morgan fingerprint density at radius 2 is 2.00 bits per heavy atom. The fourth-order valence-electron chi connectivity index (χ4n) is 1.69. The number of benzene rings is 1. The molecule has 2 nitrogen and oxygen atoms in total. The van der Waals surface area contributed by atoms with Gasteiger partial charge in [-0.25, -0.2) is 9.37 Å². The summed E-state index contributed by atoms with van der Waals surface area (Å²) in [4.78, 5) is 5.41. The van der Waals surface area contributed by atoms with Crippen LogP contribution in [0.4, 0.5) is 4.39 Å². The van der Waals surface area contributed by atoms with Crippen molar-refractivity contribution in [1.82, 2.24) is 10.3 Å². The highest BCUT2D eigenvalue weighted by Crippen LogP contribution is 2.27. The Morgan fingerprint density at radius 3 is 2.50 bits per heavy atom. The maximum absolute atomic E-state index is 12.8. The van der Waals surface area contributed by atoms with E-state index >= 15 is 0 Å². The minimum absolute atomic E-state index is 0.0908. The normalized spacial score (nSPS) is 12.7. The second kappa shape index (κ2) is 4.72. The Balaban J connectivity index is 2.37. The average Bonchev–Trinajstić information content (AvgIpc) is 2.69. The minimum atomic E-state index is -0.209. The third-order valence-electron chi connectivity index (χ3n) is 2.54. The van der Waals surface area contributed by atoms with Crippen LogP contribution >= 0.6 is 11.3 Å². The highest BCUT2D eigenvalue weighted by Gasteiger charge is 2.16. The van der Waals surface area contributed by atoms with Crippen molar-refractivity contribution >= 4 is 11.3 Å². The van der Waals surface area contributed by atoms with Crippen molar-refractivity contribution in [3.63, 3.8) is 0 Å². The van der Waals surface area contributed by atoms with Crippen LogP contribution in [0.5, 0.6) is 0 Å². The van der Waals surface area contributed by atoms with Crippen LogP contribution in [0.3, 0.4) is 0 Å². The first-order chi connectivity index (χ1) is 7.72. The predicted molar refractivity (Wildman–Crippen MR) is 64.2 cm³/mol. The van der Waals surface area contributed by atoms with Gasteiger partial charge in [0.05, 0.1) is 17.2 Å². The average molecular weight is 236 g/mol. The predicted octanol–water partition coefficient (Wildman–Crippen LogP) is 2.90. The third-order valence-corrected chi connectivity index (χ3v) is 3.53. The first-order valence-corrected chi connectivity index (χ1v) is 5.93. The molecule has 0 aliphatic heterocycles. The lowest BCUT2D eigenvalue weighted by atomic mass is 10.0. The van der Waals surface area contributed by atoms with Crippen LogP contribution < -0.4 is 5.32 Å². The van der Waals surface area contributed by atoms with Crippen molar-refractivity contribution in [2.24, 2.45) is 0 Å². The molecule has 2 aromatic rings. The van der Waals surface area contributed by atoms with E-state index in [0.29, 0.717) is 0 Å². The van der Waals surface area contributed by atoms with Gasteiger partial charge in [-0.15, -0.1) is 11.3 Å². The van der Waals surface area contributed by atoms with E-state index in [9.17, 15) is 4.39 Å². The lowest BCUT2D eigenvalue weighted by Crippen LogP contribution is -2.17. The van der Waals surface area contributed by atoms with Crippen LogP contribution in [0, 0.1) is 12.7 Å².